The molecule has 0 unspecified atom stereocenters. The Kier molecular flexibility index (Phi) is 48.5. The summed E-state index contributed by atoms with van der Waals surface area (Å²) in [5, 5.41) is 0. The van der Waals surface area contributed by atoms with Gasteiger partial charge in [0.05, 0.1) is 0 Å². The first-order valence-corrected chi connectivity index (χ1v) is 26.1. The van der Waals surface area contributed by atoms with Crippen molar-refractivity contribution in [1.29, 1.82) is 0 Å². The van der Waals surface area contributed by atoms with Gasteiger partial charge in [0.25, 0.3) is 0 Å². The van der Waals surface area contributed by atoms with Crippen molar-refractivity contribution in [2.45, 2.75) is 245 Å². The van der Waals surface area contributed by atoms with Crippen molar-refractivity contribution >= 4 is 17.9 Å². The van der Waals surface area contributed by atoms with Crippen molar-refractivity contribution in [1.82, 2.24) is 0 Å². The van der Waals surface area contributed by atoms with Crippen LogP contribution in [0.25, 0.3) is 0 Å². The first-order valence-electron chi connectivity index (χ1n) is 26.1. The van der Waals surface area contributed by atoms with E-state index in [0.717, 1.165) is 122 Å². The summed E-state index contributed by atoms with van der Waals surface area (Å²) in [7, 11) is 0. The summed E-state index contributed by atoms with van der Waals surface area (Å²) in [5.41, 5.74) is 0. The van der Waals surface area contributed by atoms with E-state index in [2.05, 4.69) is 106 Å². The maximum atomic E-state index is 12.8. The van der Waals surface area contributed by atoms with Crippen LogP contribution >= 0.6 is 0 Å². The minimum absolute atomic E-state index is 0.0930. The summed E-state index contributed by atoms with van der Waals surface area (Å²) < 4.78 is 16.8. The van der Waals surface area contributed by atoms with Crippen molar-refractivity contribution < 1.29 is 28.6 Å². The average molecular weight is 877 g/mol. The van der Waals surface area contributed by atoms with Crippen molar-refractivity contribution in [3.05, 3.63) is 85.1 Å². The maximum Gasteiger partial charge on any atom is 0.306 e. The molecular weight excluding hydrogens is 781 g/mol. The normalized spacial score (nSPS) is 12.7. The third kappa shape index (κ3) is 49.5. The summed E-state index contributed by atoms with van der Waals surface area (Å²) in [6.07, 6.45) is 65.6. The molecule has 0 saturated carbocycles. The molecule has 0 saturated heterocycles. The van der Waals surface area contributed by atoms with Crippen LogP contribution < -0.4 is 0 Å². The molecule has 0 bridgehead atoms. The van der Waals surface area contributed by atoms with Gasteiger partial charge in [-0.05, 0) is 96.3 Å². The molecule has 63 heavy (non-hydrogen) atoms. The standard InChI is InChI=1S/C57H96O6/c1-4-7-10-13-16-19-22-24-26-28-30-32-35-38-41-44-47-50-56(59)62-53-54(52-61-55(58)49-46-43-40-37-34-21-18-15-12-9-6-3)63-57(60)51-48-45-42-39-36-33-31-29-27-25-23-20-17-14-11-8-5-2/h8,11,16-17,19-20,24-27,30-33,54H,4-7,9-10,12-15,18,21-23,28-29,34-53H2,1-3H3/b11-8-,19-16-,20-17-,26-24-,27-25-,32-30-,33-31-/t54-/m0/s1. The van der Waals surface area contributed by atoms with Crippen LogP contribution in [0.15, 0.2) is 85.1 Å². The molecule has 360 valence electrons. The van der Waals surface area contributed by atoms with Crippen LogP contribution in [0.3, 0.4) is 0 Å². The van der Waals surface area contributed by atoms with E-state index in [0.29, 0.717) is 19.3 Å². The molecular formula is C57H96O6. The van der Waals surface area contributed by atoms with Gasteiger partial charge in [-0.15, -0.1) is 0 Å². The largest absolute Gasteiger partial charge is 0.462 e. The van der Waals surface area contributed by atoms with E-state index in [1.54, 1.807) is 0 Å². The summed E-state index contributed by atoms with van der Waals surface area (Å²) in [5.74, 6) is -0.940. The first-order chi connectivity index (χ1) is 31.0. The topological polar surface area (TPSA) is 78.9 Å². The van der Waals surface area contributed by atoms with Crippen LogP contribution in [0, 0.1) is 0 Å². The fourth-order valence-electron chi connectivity index (χ4n) is 6.97. The summed E-state index contributed by atoms with van der Waals surface area (Å²) >= 11 is 0. The molecule has 0 aliphatic carbocycles. The average Bonchev–Trinajstić information content (AvgIpc) is 3.28. The molecule has 0 amide bonds. The monoisotopic (exact) mass is 877 g/mol. The minimum Gasteiger partial charge on any atom is -0.462 e. The fourth-order valence-corrected chi connectivity index (χ4v) is 6.97. The van der Waals surface area contributed by atoms with E-state index >= 15 is 0 Å². The minimum atomic E-state index is -0.797. The zero-order chi connectivity index (χ0) is 45.8. The fraction of sp³-hybridized carbons (Fsp3) is 0.702. The quantitative estimate of drug-likeness (QED) is 0.0262. The van der Waals surface area contributed by atoms with E-state index in [4.69, 9.17) is 14.2 Å². The van der Waals surface area contributed by atoms with E-state index < -0.39 is 6.10 Å². The molecule has 0 rings (SSSR count). The Morgan fingerprint density at radius 3 is 1.00 bits per heavy atom. The summed E-state index contributed by atoms with van der Waals surface area (Å²) in [6, 6.07) is 0. The number of ether oxygens (including phenoxy) is 3. The number of esters is 3. The van der Waals surface area contributed by atoms with Gasteiger partial charge in [0.15, 0.2) is 6.10 Å². The Morgan fingerprint density at radius 1 is 0.333 bits per heavy atom. The zero-order valence-corrected chi connectivity index (χ0v) is 41.1. The van der Waals surface area contributed by atoms with Gasteiger partial charge >= 0.3 is 17.9 Å². The van der Waals surface area contributed by atoms with Gasteiger partial charge in [0, 0.05) is 19.3 Å². The van der Waals surface area contributed by atoms with Gasteiger partial charge in [0.2, 0.25) is 0 Å². The van der Waals surface area contributed by atoms with Crippen molar-refractivity contribution in [3.8, 4) is 0 Å². The number of carbonyl (C=O) groups is 3. The lowest BCUT2D eigenvalue weighted by Gasteiger charge is -2.18. The van der Waals surface area contributed by atoms with Crippen LogP contribution in [0.1, 0.15) is 239 Å². The molecule has 0 aliphatic heterocycles. The number of unbranched alkanes of at least 4 members (excludes halogenated alkanes) is 21. The second-order valence-electron chi connectivity index (χ2n) is 17.1. The second kappa shape index (κ2) is 51.2. The molecule has 0 spiro atoms. The number of carbonyl (C=O) groups excluding carboxylic acids is 3. The molecule has 0 aromatic rings. The van der Waals surface area contributed by atoms with Crippen LogP contribution in [0.5, 0.6) is 0 Å². The molecule has 6 nitrogen and oxygen atoms in total. The smallest absolute Gasteiger partial charge is 0.306 e. The van der Waals surface area contributed by atoms with E-state index in [1.807, 2.05) is 0 Å². The highest BCUT2D eigenvalue weighted by Gasteiger charge is 2.19. The van der Waals surface area contributed by atoms with Gasteiger partial charge in [-0.2, -0.15) is 0 Å². The van der Waals surface area contributed by atoms with Crippen LogP contribution in [-0.2, 0) is 28.6 Å². The number of allylic oxidation sites excluding steroid dienone is 14. The maximum absolute atomic E-state index is 12.8. The molecule has 0 fully saturated rings. The lowest BCUT2D eigenvalue weighted by atomic mass is 10.1. The first kappa shape index (κ1) is 59.6. The number of hydrogen-bond acceptors (Lipinski definition) is 6. The Bertz CT molecular complexity index is 1240. The summed E-state index contributed by atoms with van der Waals surface area (Å²) in [4.78, 5) is 38.0. The highest BCUT2D eigenvalue weighted by Crippen LogP contribution is 2.14. The molecule has 0 aliphatic rings. The van der Waals surface area contributed by atoms with Crippen LogP contribution in [0.2, 0.25) is 0 Å². The van der Waals surface area contributed by atoms with Gasteiger partial charge in [-0.3, -0.25) is 14.4 Å². The van der Waals surface area contributed by atoms with Gasteiger partial charge in [0.1, 0.15) is 13.2 Å². The molecule has 6 heteroatoms. The number of rotatable bonds is 46. The second-order valence-corrected chi connectivity index (χ2v) is 17.1. The van der Waals surface area contributed by atoms with Crippen molar-refractivity contribution in [3.63, 3.8) is 0 Å². The number of hydrogen-bond donors (Lipinski definition) is 0. The van der Waals surface area contributed by atoms with Crippen LogP contribution in [0.4, 0.5) is 0 Å². The Morgan fingerprint density at radius 2 is 0.619 bits per heavy atom. The molecule has 0 heterocycles. The Hall–Kier alpha value is -3.41. The zero-order valence-electron chi connectivity index (χ0n) is 41.1. The van der Waals surface area contributed by atoms with Gasteiger partial charge in [-0.25, -0.2) is 0 Å². The Balaban J connectivity index is 4.46. The lowest BCUT2D eigenvalue weighted by Crippen LogP contribution is -2.30. The van der Waals surface area contributed by atoms with E-state index in [1.165, 1.54) is 77.0 Å². The SMILES string of the molecule is CC/C=C\C/C=C\C/C=C\C/C=C\CCCCCCC(=O)O[C@H](COC(=O)CCCCCC/C=C\C/C=C\C/C=C\CCCCC)COC(=O)CCCCCCCCCCCCC. The van der Waals surface area contributed by atoms with Gasteiger partial charge < -0.3 is 14.2 Å². The molecule has 0 N–H and O–H groups in total. The van der Waals surface area contributed by atoms with Crippen molar-refractivity contribution in [2.75, 3.05) is 13.2 Å². The summed E-state index contributed by atoms with van der Waals surface area (Å²) in [6.45, 7) is 6.45. The van der Waals surface area contributed by atoms with E-state index in [-0.39, 0.29) is 31.1 Å². The highest BCUT2D eigenvalue weighted by atomic mass is 16.6. The predicted octanol–water partition coefficient (Wildman–Crippen LogP) is 17.2. The van der Waals surface area contributed by atoms with E-state index in [9.17, 15) is 14.4 Å². The molecule has 1 atom stereocenters. The Labute approximate surface area is 388 Å². The molecule has 0 radical (unpaired) electrons. The van der Waals surface area contributed by atoms with Crippen LogP contribution in [-0.4, -0.2) is 37.2 Å². The van der Waals surface area contributed by atoms with Gasteiger partial charge in [-0.1, -0.05) is 209 Å². The lowest BCUT2D eigenvalue weighted by molar-refractivity contribution is -0.167. The predicted molar refractivity (Wildman–Crippen MR) is 270 cm³/mol. The highest BCUT2D eigenvalue weighted by molar-refractivity contribution is 5.71. The third-order valence-electron chi connectivity index (χ3n) is 10.9. The third-order valence-corrected chi connectivity index (χ3v) is 10.9. The van der Waals surface area contributed by atoms with Crippen molar-refractivity contribution in [2.24, 2.45) is 0 Å². The molecule has 0 aromatic heterocycles. The molecule has 0 aromatic carbocycles.